The molecule has 94 valence electrons. The predicted octanol–water partition coefficient (Wildman–Crippen LogP) is 1.44. The van der Waals surface area contributed by atoms with E-state index in [9.17, 15) is 0 Å². The zero-order valence-corrected chi connectivity index (χ0v) is 10.9. The van der Waals surface area contributed by atoms with Crippen molar-refractivity contribution in [2.24, 2.45) is 0 Å². The molecule has 5 heteroatoms. The van der Waals surface area contributed by atoms with Gasteiger partial charge in [-0.15, -0.1) is 0 Å². The van der Waals surface area contributed by atoms with Gasteiger partial charge in [0.15, 0.2) is 0 Å². The Morgan fingerprint density at radius 1 is 1.35 bits per heavy atom. The number of ether oxygens (including phenoxy) is 1. The summed E-state index contributed by atoms with van der Waals surface area (Å²) in [6.07, 6.45) is 2.34. The van der Waals surface area contributed by atoms with Crippen molar-refractivity contribution in [2.45, 2.75) is 33.0 Å². The Labute approximate surface area is 102 Å². The van der Waals surface area contributed by atoms with E-state index < -0.39 is 0 Å². The first kappa shape index (κ1) is 12.1. The van der Waals surface area contributed by atoms with Crippen LogP contribution in [0.3, 0.4) is 0 Å². The van der Waals surface area contributed by atoms with Crippen molar-refractivity contribution in [1.82, 2.24) is 9.97 Å². The van der Waals surface area contributed by atoms with Gasteiger partial charge in [-0.1, -0.05) is 0 Å². The molecule has 0 amide bonds. The van der Waals surface area contributed by atoms with Crippen molar-refractivity contribution < 1.29 is 4.74 Å². The topological polar surface area (TPSA) is 50.3 Å². The third-order valence-corrected chi connectivity index (χ3v) is 2.89. The molecule has 0 bridgehead atoms. The molecule has 1 fully saturated rings. The Morgan fingerprint density at radius 3 is 2.59 bits per heavy atom. The van der Waals surface area contributed by atoms with E-state index in [0.717, 1.165) is 24.5 Å². The second-order valence-electron chi connectivity index (χ2n) is 4.61. The summed E-state index contributed by atoms with van der Waals surface area (Å²) >= 11 is 0. The minimum Gasteiger partial charge on any atom is -0.372 e. The minimum atomic E-state index is 0.242. The summed E-state index contributed by atoms with van der Waals surface area (Å²) < 4.78 is 5.73. The number of nitrogens with zero attached hydrogens (tertiary/aromatic N) is 3. The first-order chi connectivity index (χ1) is 8.10. The van der Waals surface area contributed by atoms with Crippen LogP contribution < -0.4 is 10.2 Å². The number of aromatic nitrogens is 2. The Balaban J connectivity index is 2.26. The van der Waals surface area contributed by atoms with E-state index >= 15 is 0 Å². The van der Waals surface area contributed by atoms with E-state index in [1.54, 1.807) is 0 Å². The summed E-state index contributed by atoms with van der Waals surface area (Å²) in [5.74, 6) is 1.67. The predicted molar refractivity (Wildman–Crippen MR) is 68.5 cm³/mol. The molecule has 1 aliphatic rings. The third-order valence-electron chi connectivity index (χ3n) is 2.89. The second-order valence-corrected chi connectivity index (χ2v) is 4.61. The lowest BCUT2D eigenvalue weighted by molar-refractivity contribution is -0.00549. The highest BCUT2D eigenvalue weighted by Gasteiger charge is 2.24. The smallest absolute Gasteiger partial charge is 0.224 e. The molecule has 2 rings (SSSR count). The van der Waals surface area contributed by atoms with Gasteiger partial charge in [0, 0.05) is 31.9 Å². The first-order valence-corrected chi connectivity index (χ1v) is 6.02. The normalized spacial score (nSPS) is 24.8. The average molecular weight is 236 g/mol. The molecule has 1 aliphatic heterocycles. The number of rotatable bonds is 2. The highest BCUT2D eigenvalue weighted by Crippen LogP contribution is 2.22. The van der Waals surface area contributed by atoms with Crippen molar-refractivity contribution >= 4 is 11.8 Å². The molecule has 1 aromatic heterocycles. The van der Waals surface area contributed by atoms with Gasteiger partial charge in [0.25, 0.3) is 0 Å². The fraction of sp³-hybridized carbons (Fsp3) is 0.667. The third kappa shape index (κ3) is 2.66. The molecule has 0 aliphatic carbocycles. The van der Waals surface area contributed by atoms with E-state index in [-0.39, 0.29) is 12.2 Å². The number of morpholine rings is 1. The van der Waals surface area contributed by atoms with Gasteiger partial charge in [0.2, 0.25) is 5.95 Å². The second kappa shape index (κ2) is 4.87. The van der Waals surface area contributed by atoms with E-state index in [4.69, 9.17) is 4.74 Å². The van der Waals surface area contributed by atoms with Crippen molar-refractivity contribution in [3.05, 3.63) is 11.8 Å². The monoisotopic (exact) mass is 236 g/mol. The van der Waals surface area contributed by atoms with Crippen LogP contribution in [0.2, 0.25) is 0 Å². The maximum atomic E-state index is 5.73. The van der Waals surface area contributed by atoms with Gasteiger partial charge in [-0.25, -0.2) is 4.98 Å². The Hall–Kier alpha value is -1.36. The number of aryl methyl sites for hydroxylation is 1. The SMILES string of the molecule is CNc1ncc(C)c(N2CC(C)OC(C)C2)n1. The van der Waals surface area contributed by atoms with Crippen LogP contribution in [0.4, 0.5) is 11.8 Å². The summed E-state index contributed by atoms with van der Waals surface area (Å²) in [5, 5.41) is 2.98. The summed E-state index contributed by atoms with van der Waals surface area (Å²) in [5.41, 5.74) is 1.10. The molecular formula is C12H20N4O. The van der Waals surface area contributed by atoms with E-state index in [1.165, 1.54) is 0 Å². The van der Waals surface area contributed by atoms with Crippen LogP contribution in [0.5, 0.6) is 0 Å². The van der Waals surface area contributed by atoms with Gasteiger partial charge in [-0.2, -0.15) is 4.98 Å². The van der Waals surface area contributed by atoms with Crippen molar-refractivity contribution in [1.29, 1.82) is 0 Å². The van der Waals surface area contributed by atoms with E-state index in [2.05, 4.69) is 34.0 Å². The van der Waals surface area contributed by atoms with E-state index in [1.807, 2.05) is 20.2 Å². The van der Waals surface area contributed by atoms with Gasteiger partial charge in [0.05, 0.1) is 12.2 Å². The summed E-state index contributed by atoms with van der Waals surface area (Å²) in [6.45, 7) is 7.99. The van der Waals surface area contributed by atoms with Crippen LogP contribution in [-0.2, 0) is 4.74 Å². The Bertz CT molecular complexity index is 386. The molecule has 1 N–H and O–H groups in total. The molecule has 0 aromatic carbocycles. The van der Waals surface area contributed by atoms with E-state index in [0.29, 0.717) is 5.95 Å². The summed E-state index contributed by atoms with van der Waals surface area (Å²) in [7, 11) is 1.83. The number of nitrogens with one attached hydrogen (secondary N) is 1. The maximum absolute atomic E-state index is 5.73. The van der Waals surface area contributed by atoms with Crippen LogP contribution >= 0.6 is 0 Å². The lowest BCUT2D eigenvalue weighted by Crippen LogP contribution is -2.46. The molecule has 1 saturated heterocycles. The van der Waals surface area contributed by atoms with Crippen molar-refractivity contribution in [2.75, 3.05) is 30.4 Å². The molecule has 2 atom stereocenters. The van der Waals surface area contributed by atoms with Gasteiger partial charge in [0.1, 0.15) is 5.82 Å². The molecule has 0 spiro atoms. The average Bonchev–Trinajstić information content (AvgIpc) is 2.28. The lowest BCUT2D eigenvalue weighted by atomic mass is 10.2. The first-order valence-electron chi connectivity index (χ1n) is 6.02. The molecule has 2 heterocycles. The number of anilines is 2. The van der Waals surface area contributed by atoms with Crippen LogP contribution in [0.1, 0.15) is 19.4 Å². The zero-order valence-electron chi connectivity index (χ0n) is 10.9. The van der Waals surface area contributed by atoms with Crippen molar-refractivity contribution in [3.8, 4) is 0 Å². The van der Waals surface area contributed by atoms with Crippen LogP contribution in [0.25, 0.3) is 0 Å². The molecule has 2 unspecified atom stereocenters. The standard InChI is InChI=1S/C12H20N4O/c1-8-5-14-12(13-4)15-11(8)16-6-9(2)17-10(3)7-16/h5,9-10H,6-7H2,1-4H3,(H,13,14,15). The quantitative estimate of drug-likeness (QED) is 0.842. The Kier molecular flexibility index (Phi) is 3.47. The highest BCUT2D eigenvalue weighted by molar-refractivity contribution is 5.49. The van der Waals surface area contributed by atoms with Crippen molar-refractivity contribution in [3.63, 3.8) is 0 Å². The molecule has 17 heavy (non-hydrogen) atoms. The van der Waals surface area contributed by atoms with Crippen LogP contribution in [0.15, 0.2) is 6.20 Å². The van der Waals surface area contributed by atoms with Gasteiger partial charge in [-0.3, -0.25) is 0 Å². The molecule has 1 aromatic rings. The molecule has 0 radical (unpaired) electrons. The zero-order chi connectivity index (χ0) is 12.4. The van der Waals surface area contributed by atoms with Gasteiger partial charge < -0.3 is 15.0 Å². The fourth-order valence-corrected chi connectivity index (χ4v) is 2.22. The summed E-state index contributed by atoms with van der Waals surface area (Å²) in [4.78, 5) is 11.0. The number of hydrogen-bond donors (Lipinski definition) is 1. The Morgan fingerprint density at radius 2 is 2.00 bits per heavy atom. The highest BCUT2D eigenvalue weighted by atomic mass is 16.5. The molecular weight excluding hydrogens is 216 g/mol. The molecule has 5 nitrogen and oxygen atoms in total. The van der Waals surface area contributed by atoms with Crippen LogP contribution in [-0.4, -0.2) is 42.3 Å². The fourth-order valence-electron chi connectivity index (χ4n) is 2.22. The minimum absolute atomic E-state index is 0.242. The van der Waals surface area contributed by atoms with Gasteiger partial charge >= 0.3 is 0 Å². The largest absolute Gasteiger partial charge is 0.372 e. The van der Waals surface area contributed by atoms with Crippen LogP contribution in [0, 0.1) is 6.92 Å². The van der Waals surface area contributed by atoms with Gasteiger partial charge in [-0.05, 0) is 20.8 Å². The molecule has 0 saturated carbocycles. The number of hydrogen-bond acceptors (Lipinski definition) is 5. The lowest BCUT2D eigenvalue weighted by Gasteiger charge is -2.36. The summed E-state index contributed by atoms with van der Waals surface area (Å²) in [6, 6.07) is 0. The maximum Gasteiger partial charge on any atom is 0.224 e.